The van der Waals surface area contributed by atoms with E-state index in [0.29, 0.717) is 11.8 Å². The Labute approximate surface area is 94.6 Å². The average molecular weight is 210 g/mol. The third-order valence-corrected chi connectivity index (χ3v) is 4.08. The van der Waals surface area contributed by atoms with Crippen molar-refractivity contribution in [2.75, 3.05) is 0 Å². The third-order valence-electron chi connectivity index (χ3n) is 4.08. The van der Waals surface area contributed by atoms with Gasteiger partial charge in [0.25, 0.3) is 0 Å². The molecule has 0 radical (unpaired) electrons. The lowest BCUT2D eigenvalue weighted by molar-refractivity contribution is 0.116. The van der Waals surface area contributed by atoms with Gasteiger partial charge in [0.15, 0.2) is 0 Å². The van der Waals surface area contributed by atoms with Crippen LogP contribution in [0.15, 0.2) is 11.6 Å². The Morgan fingerprint density at radius 2 is 2.13 bits per heavy atom. The molecule has 0 bridgehead atoms. The van der Waals surface area contributed by atoms with Crippen molar-refractivity contribution >= 4 is 0 Å². The second-order valence-electron chi connectivity index (χ2n) is 5.41. The molecule has 1 heteroatoms. The maximum Gasteiger partial charge on any atom is 0.0751 e. The summed E-state index contributed by atoms with van der Waals surface area (Å²) in [6.07, 6.45) is 6.81. The molecular weight excluding hydrogens is 184 g/mol. The smallest absolute Gasteiger partial charge is 0.0751 e. The standard InChI is InChI=1S/C14H26O/c1-5-10(2)6-7-13-8-11(3)12(4)14(15)9-13/h9-12,14-15H,5-8H2,1-4H3. The summed E-state index contributed by atoms with van der Waals surface area (Å²) in [5.41, 5.74) is 1.48. The largest absolute Gasteiger partial charge is 0.389 e. The van der Waals surface area contributed by atoms with Crippen LogP contribution in [0.3, 0.4) is 0 Å². The van der Waals surface area contributed by atoms with Crippen molar-refractivity contribution in [1.29, 1.82) is 0 Å². The van der Waals surface area contributed by atoms with Gasteiger partial charge in [-0.15, -0.1) is 0 Å². The number of hydrogen-bond donors (Lipinski definition) is 1. The van der Waals surface area contributed by atoms with Crippen LogP contribution in [-0.4, -0.2) is 11.2 Å². The Balaban J connectivity index is 2.45. The summed E-state index contributed by atoms with van der Waals surface area (Å²) in [6, 6.07) is 0. The van der Waals surface area contributed by atoms with Gasteiger partial charge in [-0.25, -0.2) is 0 Å². The fourth-order valence-corrected chi connectivity index (χ4v) is 2.22. The van der Waals surface area contributed by atoms with Gasteiger partial charge in [0, 0.05) is 0 Å². The van der Waals surface area contributed by atoms with E-state index in [-0.39, 0.29) is 6.10 Å². The lowest BCUT2D eigenvalue weighted by atomic mass is 9.78. The zero-order valence-electron chi connectivity index (χ0n) is 10.7. The molecule has 15 heavy (non-hydrogen) atoms. The number of hydrogen-bond acceptors (Lipinski definition) is 1. The van der Waals surface area contributed by atoms with E-state index in [9.17, 15) is 5.11 Å². The molecule has 0 aromatic rings. The van der Waals surface area contributed by atoms with Crippen molar-refractivity contribution in [2.24, 2.45) is 17.8 Å². The Bertz CT molecular complexity index is 219. The molecule has 0 heterocycles. The average Bonchev–Trinajstić information content (AvgIpc) is 2.22. The Morgan fingerprint density at radius 3 is 2.67 bits per heavy atom. The highest BCUT2D eigenvalue weighted by Crippen LogP contribution is 2.32. The van der Waals surface area contributed by atoms with E-state index in [1.54, 1.807) is 0 Å². The molecule has 0 saturated carbocycles. The highest BCUT2D eigenvalue weighted by molar-refractivity contribution is 5.11. The van der Waals surface area contributed by atoms with Gasteiger partial charge in [0.05, 0.1) is 6.10 Å². The summed E-state index contributed by atoms with van der Waals surface area (Å²) >= 11 is 0. The van der Waals surface area contributed by atoms with Crippen LogP contribution in [0.2, 0.25) is 0 Å². The molecular formula is C14H26O. The van der Waals surface area contributed by atoms with Crippen LogP contribution in [0, 0.1) is 17.8 Å². The van der Waals surface area contributed by atoms with Gasteiger partial charge in [-0.2, -0.15) is 0 Å². The second-order valence-corrected chi connectivity index (χ2v) is 5.41. The summed E-state index contributed by atoms with van der Waals surface area (Å²) in [4.78, 5) is 0. The molecule has 1 N–H and O–H groups in total. The maximum absolute atomic E-state index is 9.86. The van der Waals surface area contributed by atoms with Crippen LogP contribution in [0.1, 0.15) is 53.4 Å². The molecule has 0 aromatic heterocycles. The number of aliphatic hydroxyl groups is 1. The van der Waals surface area contributed by atoms with Crippen molar-refractivity contribution in [1.82, 2.24) is 0 Å². The molecule has 1 aliphatic rings. The molecule has 1 rings (SSSR count). The SMILES string of the molecule is CCC(C)CCC1=CC(O)C(C)C(C)C1. The minimum Gasteiger partial charge on any atom is -0.389 e. The first kappa shape index (κ1) is 12.8. The molecule has 1 nitrogen and oxygen atoms in total. The van der Waals surface area contributed by atoms with Crippen molar-refractivity contribution in [2.45, 2.75) is 59.5 Å². The van der Waals surface area contributed by atoms with Gasteiger partial charge in [0.1, 0.15) is 0 Å². The summed E-state index contributed by atoms with van der Waals surface area (Å²) in [6.45, 7) is 8.97. The van der Waals surface area contributed by atoms with Gasteiger partial charge >= 0.3 is 0 Å². The van der Waals surface area contributed by atoms with Gasteiger partial charge in [-0.3, -0.25) is 0 Å². The quantitative estimate of drug-likeness (QED) is 0.700. The summed E-state index contributed by atoms with van der Waals surface area (Å²) in [5, 5.41) is 9.86. The van der Waals surface area contributed by atoms with Crippen molar-refractivity contribution in [3.05, 3.63) is 11.6 Å². The Hall–Kier alpha value is -0.300. The summed E-state index contributed by atoms with van der Waals surface area (Å²) in [7, 11) is 0. The van der Waals surface area contributed by atoms with Crippen LogP contribution < -0.4 is 0 Å². The van der Waals surface area contributed by atoms with E-state index in [4.69, 9.17) is 0 Å². The zero-order chi connectivity index (χ0) is 11.4. The van der Waals surface area contributed by atoms with Gasteiger partial charge in [0.2, 0.25) is 0 Å². The lowest BCUT2D eigenvalue weighted by Gasteiger charge is -2.30. The van der Waals surface area contributed by atoms with Gasteiger partial charge < -0.3 is 5.11 Å². The van der Waals surface area contributed by atoms with E-state index in [1.165, 1.54) is 31.3 Å². The Morgan fingerprint density at radius 1 is 1.47 bits per heavy atom. The molecule has 0 saturated heterocycles. The number of aliphatic hydroxyl groups excluding tert-OH is 1. The highest BCUT2D eigenvalue weighted by atomic mass is 16.3. The molecule has 0 aromatic carbocycles. The van der Waals surface area contributed by atoms with Crippen LogP contribution in [-0.2, 0) is 0 Å². The Kier molecular flexibility index (Phi) is 4.85. The molecule has 0 aliphatic heterocycles. The predicted molar refractivity (Wildman–Crippen MR) is 65.7 cm³/mol. The minimum absolute atomic E-state index is 0.208. The topological polar surface area (TPSA) is 20.2 Å². The van der Waals surface area contributed by atoms with Crippen LogP contribution in [0.25, 0.3) is 0 Å². The summed E-state index contributed by atoms with van der Waals surface area (Å²) in [5.74, 6) is 1.88. The lowest BCUT2D eigenvalue weighted by Crippen LogP contribution is -2.27. The van der Waals surface area contributed by atoms with Gasteiger partial charge in [-0.1, -0.05) is 45.8 Å². The summed E-state index contributed by atoms with van der Waals surface area (Å²) < 4.78 is 0. The third kappa shape index (κ3) is 3.64. The predicted octanol–water partition coefficient (Wildman–Crippen LogP) is 3.78. The van der Waals surface area contributed by atoms with Crippen molar-refractivity contribution < 1.29 is 5.11 Å². The molecule has 0 spiro atoms. The van der Waals surface area contributed by atoms with Crippen LogP contribution in [0.5, 0.6) is 0 Å². The molecule has 4 atom stereocenters. The number of rotatable bonds is 4. The molecule has 0 amide bonds. The first-order chi connectivity index (χ1) is 7.04. The molecule has 0 fully saturated rings. The maximum atomic E-state index is 9.86. The van der Waals surface area contributed by atoms with E-state index in [1.807, 2.05) is 0 Å². The normalized spacial score (nSPS) is 33.7. The number of allylic oxidation sites excluding steroid dienone is 1. The highest BCUT2D eigenvalue weighted by Gasteiger charge is 2.25. The minimum atomic E-state index is -0.208. The van der Waals surface area contributed by atoms with E-state index < -0.39 is 0 Å². The van der Waals surface area contributed by atoms with E-state index in [2.05, 4.69) is 33.8 Å². The fourth-order valence-electron chi connectivity index (χ4n) is 2.22. The first-order valence-electron chi connectivity index (χ1n) is 6.42. The van der Waals surface area contributed by atoms with Gasteiger partial charge in [-0.05, 0) is 37.0 Å². The zero-order valence-corrected chi connectivity index (χ0v) is 10.7. The van der Waals surface area contributed by atoms with Crippen molar-refractivity contribution in [3.8, 4) is 0 Å². The van der Waals surface area contributed by atoms with Crippen LogP contribution in [0.4, 0.5) is 0 Å². The van der Waals surface area contributed by atoms with Crippen molar-refractivity contribution in [3.63, 3.8) is 0 Å². The molecule has 1 aliphatic carbocycles. The first-order valence-corrected chi connectivity index (χ1v) is 6.42. The monoisotopic (exact) mass is 210 g/mol. The van der Waals surface area contributed by atoms with E-state index >= 15 is 0 Å². The van der Waals surface area contributed by atoms with Crippen LogP contribution >= 0.6 is 0 Å². The van der Waals surface area contributed by atoms with E-state index in [0.717, 1.165) is 5.92 Å². The molecule has 88 valence electrons. The fraction of sp³-hybridized carbons (Fsp3) is 0.857. The molecule has 4 unspecified atom stereocenters. The second kappa shape index (κ2) is 5.69.